The van der Waals surface area contributed by atoms with Crippen LogP contribution in [-0.4, -0.2) is 40.0 Å². The van der Waals surface area contributed by atoms with Gasteiger partial charge in [0.25, 0.3) is 10.0 Å². The fourth-order valence-electron chi connectivity index (χ4n) is 2.67. The number of carbonyl (C=O) groups is 1. The average molecular weight is 425 g/mol. The minimum Gasteiger partial charge on any atom is -0.295 e. The zero-order valence-corrected chi connectivity index (χ0v) is 17.9. The van der Waals surface area contributed by atoms with Gasteiger partial charge in [-0.1, -0.05) is 32.0 Å². The summed E-state index contributed by atoms with van der Waals surface area (Å²) in [6.45, 7) is 7.13. The first-order chi connectivity index (χ1) is 13.0. The lowest BCUT2D eigenvalue weighted by Gasteiger charge is -2.19. The molecule has 1 N–H and O–H groups in total. The number of hydrogen-bond donors (Lipinski definition) is 1. The van der Waals surface area contributed by atoms with Gasteiger partial charge in [-0.2, -0.15) is 4.31 Å². The van der Waals surface area contributed by atoms with Gasteiger partial charge in [-0.05, 0) is 43.7 Å². The Morgan fingerprint density at radius 3 is 2.18 bits per heavy atom. The number of nitrogens with zero attached hydrogens (tertiary/aromatic N) is 1. The zero-order valence-electron chi connectivity index (χ0n) is 16.3. The number of aryl methyl sites for hydroxylation is 1. The second-order valence-electron chi connectivity index (χ2n) is 6.26. The van der Waals surface area contributed by atoms with Crippen LogP contribution in [0.3, 0.4) is 0 Å². The van der Waals surface area contributed by atoms with E-state index in [4.69, 9.17) is 0 Å². The van der Waals surface area contributed by atoms with Crippen molar-refractivity contribution in [2.45, 2.75) is 37.5 Å². The molecule has 2 rings (SSSR count). The third kappa shape index (κ3) is 4.60. The molecule has 0 amide bonds. The summed E-state index contributed by atoms with van der Waals surface area (Å²) in [6, 6.07) is 10.0. The molecule has 0 atom stereocenters. The molecule has 9 heteroatoms. The van der Waals surface area contributed by atoms with Crippen molar-refractivity contribution < 1.29 is 21.6 Å². The Morgan fingerprint density at radius 1 is 0.964 bits per heavy atom. The maximum absolute atomic E-state index is 12.8. The quantitative estimate of drug-likeness (QED) is 0.657. The van der Waals surface area contributed by atoms with Gasteiger partial charge in [0.1, 0.15) is 0 Å². The van der Waals surface area contributed by atoms with Gasteiger partial charge in [-0.3, -0.25) is 9.52 Å². The molecule has 0 aliphatic rings. The molecule has 0 saturated carbocycles. The smallest absolute Gasteiger partial charge is 0.261 e. The molecular weight excluding hydrogens is 400 g/mol. The normalized spacial score (nSPS) is 12.2. The molecule has 0 bridgehead atoms. The van der Waals surface area contributed by atoms with E-state index in [-0.39, 0.29) is 26.8 Å². The van der Waals surface area contributed by atoms with Gasteiger partial charge >= 0.3 is 0 Å². The Bertz CT molecular complexity index is 1090. The van der Waals surface area contributed by atoms with E-state index in [0.29, 0.717) is 18.7 Å². The zero-order chi connectivity index (χ0) is 21.1. The van der Waals surface area contributed by atoms with E-state index < -0.39 is 20.0 Å². The minimum atomic E-state index is -4.00. The summed E-state index contributed by atoms with van der Waals surface area (Å²) < 4.78 is 54.7. The lowest BCUT2D eigenvalue weighted by Crippen LogP contribution is -2.30. The Hall–Kier alpha value is -2.23. The monoisotopic (exact) mass is 424 g/mol. The summed E-state index contributed by atoms with van der Waals surface area (Å²) in [5, 5.41) is 0. The highest BCUT2D eigenvalue weighted by molar-refractivity contribution is 7.92. The Labute approximate surface area is 166 Å². The first-order valence-electron chi connectivity index (χ1n) is 8.77. The van der Waals surface area contributed by atoms with Crippen molar-refractivity contribution in [1.82, 2.24) is 4.31 Å². The van der Waals surface area contributed by atoms with Gasteiger partial charge in [-0.15, -0.1) is 0 Å². The Morgan fingerprint density at radius 2 is 1.61 bits per heavy atom. The van der Waals surface area contributed by atoms with Gasteiger partial charge in [0.2, 0.25) is 10.0 Å². The van der Waals surface area contributed by atoms with E-state index in [1.54, 1.807) is 26.8 Å². The predicted octanol–water partition coefficient (Wildman–Crippen LogP) is 3.03. The molecule has 0 aliphatic heterocycles. The van der Waals surface area contributed by atoms with Crippen molar-refractivity contribution in [2.75, 3.05) is 17.8 Å². The molecular formula is C19H24N2O5S2. The summed E-state index contributed by atoms with van der Waals surface area (Å²) >= 11 is 0. The third-order valence-corrected chi connectivity index (χ3v) is 7.76. The van der Waals surface area contributed by atoms with Crippen LogP contribution in [0.1, 0.15) is 36.7 Å². The van der Waals surface area contributed by atoms with E-state index in [1.807, 2.05) is 0 Å². The lowest BCUT2D eigenvalue weighted by molar-refractivity contribution is 0.101. The molecule has 0 heterocycles. The van der Waals surface area contributed by atoms with Crippen LogP contribution in [0.25, 0.3) is 0 Å². The summed E-state index contributed by atoms with van der Waals surface area (Å²) in [4.78, 5) is 11.5. The number of anilines is 1. The Balaban J connectivity index is 2.46. The first-order valence-corrected chi connectivity index (χ1v) is 11.7. The van der Waals surface area contributed by atoms with Crippen LogP contribution in [0.2, 0.25) is 0 Å². The molecule has 152 valence electrons. The molecule has 2 aromatic carbocycles. The van der Waals surface area contributed by atoms with Crippen LogP contribution in [0, 0.1) is 6.92 Å². The number of hydrogen-bond acceptors (Lipinski definition) is 5. The molecule has 0 saturated heterocycles. The topological polar surface area (TPSA) is 101 Å². The Kier molecular flexibility index (Phi) is 6.63. The van der Waals surface area contributed by atoms with Gasteiger partial charge in [-0.25, -0.2) is 16.8 Å². The second kappa shape index (κ2) is 8.42. The largest absolute Gasteiger partial charge is 0.295 e. The highest BCUT2D eigenvalue weighted by Crippen LogP contribution is 2.25. The number of benzene rings is 2. The van der Waals surface area contributed by atoms with Gasteiger partial charge in [0.15, 0.2) is 5.78 Å². The van der Waals surface area contributed by atoms with Gasteiger partial charge < -0.3 is 0 Å². The number of Topliss-reactive ketones (excluding diaryl/α,β-unsaturated/α-hetero) is 1. The number of nitrogens with one attached hydrogen (secondary N) is 1. The molecule has 0 aromatic heterocycles. The van der Waals surface area contributed by atoms with Crippen molar-refractivity contribution in [2.24, 2.45) is 0 Å². The van der Waals surface area contributed by atoms with Crippen molar-refractivity contribution >= 4 is 31.5 Å². The van der Waals surface area contributed by atoms with Crippen LogP contribution >= 0.6 is 0 Å². The molecule has 0 fully saturated rings. The molecule has 0 radical (unpaired) electrons. The van der Waals surface area contributed by atoms with Crippen LogP contribution in [0.4, 0.5) is 5.69 Å². The second-order valence-corrected chi connectivity index (χ2v) is 9.88. The van der Waals surface area contributed by atoms with E-state index in [9.17, 15) is 21.6 Å². The van der Waals surface area contributed by atoms with Crippen LogP contribution in [0.15, 0.2) is 52.3 Å². The fraction of sp³-hybridized carbons (Fsp3) is 0.316. The molecule has 0 unspecified atom stereocenters. The van der Waals surface area contributed by atoms with Crippen LogP contribution in [-0.2, 0) is 20.0 Å². The number of sulfonamides is 2. The maximum atomic E-state index is 12.8. The standard InChI is InChI=1S/C19H24N2O5S2/c1-5-21(6-2)28(25,26)18-11-10-14(3)19(13-18)20-27(23,24)17-9-7-8-16(12-17)15(4)22/h7-13,20H,5-6H2,1-4H3. The highest BCUT2D eigenvalue weighted by atomic mass is 32.2. The van der Waals surface area contributed by atoms with Gasteiger partial charge in [0, 0.05) is 18.7 Å². The average Bonchev–Trinajstić information content (AvgIpc) is 2.64. The van der Waals surface area contributed by atoms with E-state index in [2.05, 4.69) is 4.72 Å². The number of ketones is 1. The summed E-state index contributed by atoms with van der Waals surface area (Å²) in [5.74, 6) is -0.249. The minimum absolute atomic E-state index is 0.0111. The predicted molar refractivity (Wildman–Crippen MR) is 109 cm³/mol. The van der Waals surface area contributed by atoms with Crippen molar-refractivity contribution in [3.8, 4) is 0 Å². The maximum Gasteiger partial charge on any atom is 0.261 e. The van der Waals surface area contributed by atoms with Crippen molar-refractivity contribution in [3.05, 3.63) is 53.6 Å². The van der Waals surface area contributed by atoms with Crippen molar-refractivity contribution in [1.29, 1.82) is 0 Å². The number of carbonyl (C=O) groups excluding carboxylic acids is 1. The van der Waals surface area contributed by atoms with Crippen LogP contribution < -0.4 is 4.72 Å². The molecule has 2 aromatic rings. The SMILES string of the molecule is CCN(CC)S(=O)(=O)c1ccc(C)c(NS(=O)(=O)c2cccc(C(C)=O)c2)c1. The summed E-state index contributed by atoms with van der Waals surface area (Å²) in [6.07, 6.45) is 0. The molecule has 28 heavy (non-hydrogen) atoms. The molecule has 0 spiro atoms. The van der Waals surface area contributed by atoms with Crippen molar-refractivity contribution in [3.63, 3.8) is 0 Å². The molecule has 7 nitrogen and oxygen atoms in total. The fourth-order valence-corrected chi connectivity index (χ4v) is 5.32. The van der Waals surface area contributed by atoms with E-state index in [0.717, 1.165) is 0 Å². The summed E-state index contributed by atoms with van der Waals surface area (Å²) in [5.41, 5.74) is 1.02. The lowest BCUT2D eigenvalue weighted by atomic mass is 10.2. The third-order valence-electron chi connectivity index (χ3n) is 4.35. The van der Waals surface area contributed by atoms with Gasteiger partial charge in [0.05, 0.1) is 15.5 Å². The summed E-state index contributed by atoms with van der Waals surface area (Å²) in [7, 11) is -7.72. The van der Waals surface area contributed by atoms with E-state index >= 15 is 0 Å². The highest BCUT2D eigenvalue weighted by Gasteiger charge is 2.23. The van der Waals surface area contributed by atoms with E-state index in [1.165, 1.54) is 47.6 Å². The van der Waals surface area contributed by atoms with Crippen LogP contribution in [0.5, 0.6) is 0 Å². The molecule has 0 aliphatic carbocycles. The first kappa shape index (κ1) is 22.1. The number of rotatable bonds is 8.